The highest BCUT2D eigenvalue weighted by molar-refractivity contribution is 5.75. The maximum absolute atomic E-state index is 12.7. The molecule has 1 aliphatic rings. The Balaban J connectivity index is 1.28. The van der Waals surface area contributed by atoms with E-state index in [-0.39, 0.29) is 5.56 Å². The molecule has 0 atom stereocenters. The molecule has 182 valence electrons. The molecule has 4 rings (SSSR count). The normalized spacial score (nSPS) is 15.6. The molecule has 0 unspecified atom stereocenters. The van der Waals surface area contributed by atoms with E-state index < -0.39 is 11.9 Å². The quantitative estimate of drug-likeness (QED) is 0.479. The van der Waals surface area contributed by atoms with E-state index in [1.54, 1.807) is 22.9 Å². The minimum atomic E-state index is -4.40. The molecule has 1 fully saturated rings. The number of aryl methyl sites for hydroxylation is 1. The zero-order chi connectivity index (χ0) is 24.1. The molecular formula is C25H29F3N4O2. The van der Waals surface area contributed by atoms with E-state index in [9.17, 15) is 18.0 Å². The number of ether oxygens (including phenoxy) is 1. The number of likely N-dealkylation sites (tertiary alicyclic amines) is 1. The van der Waals surface area contributed by atoms with E-state index in [0.717, 1.165) is 68.0 Å². The number of rotatable bonds is 8. The van der Waals surface area contributed by atoms with Crippen molar-refractivity contribution in [3.05, 3.63) is 64.3 Å². The van der Waals surface area contributed by atoms with Crippen molar-refractivity contribution >= 4 is 11.0 Å². The lowest BCUT2D eigenvalue weighted by atomic mass is 9.91. The number of hydrogen-bond acceptors (Lipinski definition) is 5. The van der Waals surface area contributed by atoms with Crippen LogP contribution in [0.1, 0.15) is 37.4 Å². The van der Waals surface area contributed by atoms with Crippen molar-refractivity contribution in [3.8, 4) is 5.75 Å². The van der Waals surface area contributed by atoms with Gasteiger partial charge < -0.3 is 14.2 Å². The molecule has 0 aliphatic carbocycles. The van der Waals surface area contributed by atoms with Gasteiger partial charge in [0.1, 0.15) is 11.4 Å². The van der Waals surface area contributed by atoms with Crippen LogP contribution in [0.15, 0.2) is 47.5 Å². The monoisotopic (exact) mass is 474 g/mol. The van der Waals surface area contributed by atoms with Gasteiger partial charge in [-0.1, -0.05) is 6.07 Å². The van der Waals surface area contributed by atoms with Crippen molar-refractivity contribution in [1.29, 1.82) is 0 Å². The average Bonchev–Trinajstić information content (AvgIpc) is 2.83. The van der Waals surface area contributed by atoms with E-state index in [2.05, 4.69) is 14.9 Å². The third-order valence-electron chi connectivity index (χ3n) is 6.43. The van der Waals surface area contributed by atoms with E-state index in [1.165, 1.54) is 12.3 Å². The molecule has 0 bridgehead atoms. The van der Waals surface area contributed by atoms with Crippen LogP contribution < -0.4 is 10.3 Å². The van der Waals surface area contributed by atoms with Crippen molar-refractivity contribution in [3.63, 3.8) is 0 Å². The summed E-state index contributed by atoms with van der Waals surface area (Å²) in [7, 11) is 0. The van der Waals surface area contributed by atoms with E-state index in [1.807, 2.05) is 13.0 Å². The summed E-state index contributed by atoms with van der Waals surface area (Å²) in [5, 5.41) is 0. The van der Waals surface area contributed by atoms with Gasteiger partial charge in [0, 0.05) is 31.4 Å². The number of piperidine rings is 1. The first kappa shape index (κ1) is 24.2. The third kappa shape index (κ3) is 5.94. The molecule has 4 heterocycles. The molecule has 34 heavy (non-hydrogen) atoms. The van der Waals surface area contributed by atoms with Gasteiger partial charge in [-0.15, -0.1) is 0 Å². The SMILES string of the molecule is CCOc1cnc2ccc(=O)n(CCN3CCC(CCc4ccc(C(F)(F)F)nc4)CC3)c2c1. The van der Waals surface area contributed by atoms with Crippen molar-refractivity contribution in [2.45, 2.75) is 45.3 Å². The fourth-order valence-electron chi connectivity index (χ4n) is 4.48. The summed E-state index contributed by atoms with van der Waals surface area (Å²) < 4.78 is 45.3. The summed E-state index contributed by atoms with van der Waals surface area (Å²) >= 11 is 0. The van der Waals surface area contributed by atoms with Gasteiger partial charge in [-0.25, -0.2) is 0 Å². The number of nitrogens with zero attached hydrogens (tertiary/aromatic N) is 4. The van der Waals surface area contributed by atoms with Gasteiger partial charge in [0.25, 0.3) is 5.56 Å². The highest BCUT2D eigenvalue weighted by Crippen LogP contribution is 2.28. The first-order valence-electron chi connectivity index (χ1n) is 11.7. The van der Waals surface area contributed by atoms with Gasteiger partial charge in [-0.05, 0) is 69.3 Å². The Hall–Kier alpha value is -2.94. The van der Waals surface area contributed by atoms with Crippen LogP contribution in [-0.4, -0.2) is 45.7 Å². The molecular weight excluding hydrogens is 445 g/mol. The summed E-state index contributed by atoms with van der Waals surface area (Å²) in [6, 6.07) is 7.74. The van der Waals surface area contributed by atoms with Gasteiger partial charge in [-0.3, -0.25) is 14.8 Å². The predicted octanol–water partition coefficient (Wildman–Crippen LogP) is 4.55. The standard InChI is InChI=1S/C25H29F3N4O2/c1-2-34-20-15-22-21(29-17-20)6-8-24(33)32(22)14-13-31-11-9-18(10-12-31)3-4-19-5-7-23(30-16-19)25(26,27)28/h5-8,15-18H,2-4,9-14H2,1H3. The van der Waals surface area contributed by atoms with Gasteiger partial charge in [0.05, 0.1) is 23.8 Å². The van der Waals surface area contributed by atoms with E-state index in [0.29, 0.717) is 24.8 Å². The number of hydrogen-bond donors (Lipinski definition) is 0. The molecule has 0 amide bonds. The van der Waals surface area contributed by atoms with E-state index in [4.69, 9.17) is 4.74 Å². The molecule has 3 aromatic heterocycles. The lowest BCUT2D eigenvalue weighted by Crippen LogP contribution is -2.37. The molecule has 3 aromatic rings. The number of alkyl halides is 3. The van der Waals surface area contributed by atoms with Crippen LogP contribution in [0.2, 0.25) is 0 Å². The summed E-state index contributed by atoms with van der Waals surface area (Å²) in [5.41, 5.74) is 1.48. The van der Waals surface area contributed by atoms with Crippen molar-refractivity contribution in [2.24, 2.45) is 5.92 Å². The summed E-state index contributed by atoms with van der Waals surface area (Å²) in [5.74, 6) is 1.19. The fourth-order valence-corrected chi connectivity index (χ4v) is 4.48. The van der Waals surface area contributed by atoms with Gasteiger partial charge in [-0.2, -0.15) is 13.2 Å². The minimum absolute atomic E-state index is 0.0528. The zero-order valence-electron chi connectivity index (χ0n) is 19.2. The van der Waals surface area contributed by atoms with Crippen LogP contribution in [0.25, 0.3) is 11.0 Å². The molecule has 0 N–H and O–H groups in total. The largest absolute Gasteiger partial charge is 0.492 e. The Bertz CT molecular complexity index is 1150. The molecule has 0 spiro atoms. The molecule has 1 aliphatic heterocycles. The van der Waals surface area contributed by atoms with Gasteiger partial charge in [0.15, 0.2) is 0 Å². The first-order chi connectivity index (χ1) is 16.3. The fraction of sp³-hybridized carbons (Fsp3) is 0.480. The molecule has 6 nitrogen and oxygen atoms in total. The number of halogens is 3. The van der Waals surface area contributed by atoms with Crippen LogP contribution in [0, 0.1) is 5.92 Å². The lowest BCUT2D eigenvalue weighted by Gasteiger charge is -2.32. The summed E-state index contributed by atoms with van der Waals surface area (Å²) in [6.07, 6.45) is 2.36. The molecule has 0 saturated carbocycles. The zero-order valence-corrected chi connectivity index (χ0v) is 19.2. The van der Waals surface area contributed by atoms with Crippen molar-refractivity contribution < 1.29 is 17.9 Å². The van der Waals surface area contributed by atoms with Crippen LogP contribution in [0.5, 0.6) is 5.75 Å². The Morgan fingerprint density at radius 1 is 1.06 bits per heavy atom. The minimum Gasteiger partial charge on any atom is -0.492 e. The average molecular weight is 475 g/mol. The maximum atomic E-state index is 12.7. The lowest BCUT2D eigenvalue weighted by molar-refractivity contribution is -0.141. The van der Waals surface area contributed by atoms with Gasteiger partial charge in [0.2, 0.25) is 0 Å². The Kier molecular flexibility index (Phi) is 7.50. The molecule has 1 saturated heterocycles. The van der Waals surface area contributed by atoms with Gasteiger partial charge >= 0.3 is 6.18 Å². The van der Waals surface area contributed by atoms with E-state index >= 15 is 0 Å². The maximum Gasteiger partial charge on any atom is 0.433 e. The predicted molar refractivity (Wildman–Crippen MR) is 124 cm³/mol. The Morgan fingerprint density at radius 2 is 1.85 bits per heavy atom. The summed E-state index contributed by atoms with van der Waals surface area (Å²) in [6.45, 7) is 5.68. The highest BCUT2D eigenvalue weighted by atomic mass is 19.4. The van der Waals surface area contributed by atoms with Crippen molar-refractivity contribution in [1.82, 2.24) is 19.4 Å². The number of aromatic nitrogens is 3. The third-order valence-corrected chi connectivity index (χ3v) is 6.43. The molecule has 9 heteroatoms. The Morgan fingerprint density at radius 3 is 2.53 bits per heavy atom. The van der Waals surface area contributed by atoms with Crippen LogP contribution in [0.3, 0.4) is 0 Å². The Labute approximate surface area is 196 Å². The molecule has 0 radical (unpaired) electrons. The second-order valence-corrected chi connectivity index (χ2v) is 8.70. The highest BCUT2D eigenvalue weighted by Gasteiger charge is 2.32. The van der Waals surface area contributed by atoms with Crippen LogP contribution >= 0.6 is 0 Å². The summed E-state index contributed by atoms with van der Waals surface area (Å²) in [4.78, 5) is 22.9. The topological polar surface area (TPSA) is 60.2 Å². The second-order valence-electron chi connectivity index (χ2n) is 8.70. The first-order valence-corrected chi connectivity index (χ1v) is 11.7. The second kappa shape index (κ2) is 10.5. The van der Waals surface area contributed by atoms with Crippen LogP contribution in [0.4, 0.5) is 13.2 Å². The van der Waals surface area contributed by atoms with Crippen molar-refractivity contribution in [2.75, 3.05) is 26.2 Å². The number of pyridine rings is 3. The van der Waals surface area contributed by atoms with Crippen LogP contribution in [-0.2, 0) is 19.1 Å². The molecule has 0 aromatic carbocycles. The smallest absolute Gasteiger partial charge is 0.433 e. The number of fused-ring (bicyclic) bond motifs is 1.